The lowest BCUT2D eigenvalue weighted by Gasteiger charge is -2.06. The number of nitrogens with one attached hydrogen (secondary N) is 2. The predicted octanol–water partition coefficient (Wildman–Crippen LogP) is 2.45. The van der Waals surface area contributed by atoms with Crippen molar-refractivity contribution < 1.29 is 9.18 Å². The van der Waals surface area contributed by atoms with E-state index in [0.29, 0.717) is 0 Å². The van der Waals surface area contributed by atoms with E-state index in [1.807, 2.05) is 0 Å². The zero-order chi connectivity index (χ0) is 11.5. The van der Waals surface area contributed by atoms with Gasteiger partial charge in [-0.25, -0.2) is 4.39 Å². The molecule has 4 nitrogen and oxygen atoms in total. The summed E-state index contributed by atoms with van der Waals surface area (Å²) in [6.07, 6.45) is 1.43. The number of aromatic nitrogens is 2. The van der Waals surface area contributed by atoms with Crippen molar-refractivity contribution in [2.75, 3.05) is 5.32 Å². The summed E-state index contributed by atoms with van der Waals surface area (Å²) in [4.78, 5) is 11.6. The standard InChI is InChI=1S/C10H7ClFN3O/c11-6-2-1-3-7(12)9(6)14-10(16)8-4-5-13-15-8/h1-5H,(H,13,15)(H,14,16). The number of benzene rings is 1. The Bertz CT molecular complexity index is 493. The molecule has 1 aromatic heterocycles. The number of halogens is 2. The van der Waals surface area contributed by atoms with Crippen LogP contribution in [-0.4, -0.2) is 16.1 Å². The molecule has 16 heavy (non-hydrogen) atoms. The lowest BCUT2D eigenvalue weighted by atomic mass is 10.3. The fourth-order valence-corrected chi connectivity index (χ4v) is 1.39. The molecule has 1 aromatic carbocycles. The van der Waals surface area contributed by atoms with Gasteiger partial charge < -0.3 is 5.32 Å². The van der Waals surface area contributed by atoms with Crippen LogP contribution >= 0.6 is 11.6 Å². The third kappa shape index (κ3) is 2.04. The average molecular weight is 240 g/mol. The Morgan fingerprint density at radius 3 is 2.88 bits per heavy atom. The van der Waals surface area contributed by atoms with Gasteiger partial charge in [0, 0.05) is 6.20 Å². The minimum absolute atomic E-state index is 0.0382. The van der Waals surface area contributed by atoms with Crippen LogP contribution in [0.4, 0.5) is 10.1 Å². The molecule has 0 saturated carbocycles. The van der Waals surface area contributed by atoms with Crippen LogP contribution in [0.25, 0.3) is 0 Å². The Kier molecular flexibility index (Phi) is 2.87. The highest BCUT2D eigenvalue weighted by molar-refractivity contribution is 6.33. The van der Waals surface area contributed by atoms with Crippen molar-refractivity contribution in [2.45, 2.75) is 0 Å². The van der Waals surface area contributed by atoms with E-state index in [2.05, 4.69) is 15.5 Å². The Balaban J connectivity index is 2.25. The first-order chi connectivity index (χ1) is 7.68. The highest BCUT2D eigenvalue weighted by atomic mass is 35.5. The number of anilines is 1. The first-order valence-electron chi connectivity index (χ1n) is 4.43. The quantitative estimate of drug-likeness (QED) is 0.846. The van der Waals surface area contributed by atoms with Gasteiger partial charge in [-0.1, -0.05) is 17.7 Å². The number of rotatable bonds is 2. The van der Waals surface area contributed by atoms with Gasteiger partial charge in [-0.2, -0.15) is 5.10 Å². The fraction of sp³-hybridized carbons (Fsp3) is 0. The third-order valence-corrected chi connectivity index (χ3v) is 2.26. The Morgan fingerprint density at radius 2 is 2.25 bits per heavy atom. The van der Waals surface area contributed by atoms with Gasteiger partial charge >= 0.3 is 0 Å². The van der Waals surface area contributed by atoms with Crippen LogP contribution in [0.3, 0.4) is 0 Å². The lowest BCUT2D eigenvalue weighted by Crippen LogP contribution is -2.13. The minimum atomic E-state index is -0.583. The number of hydrogen-bond donors (Lipinski definition) is 2. The molecule has 1 heterocycles. The van der Waals surface area contributed by atoms with Crippen LogP contribution in [0.5, 0.6) is 0 Å². The van der Waals surface area contributed by atoms with Crippen LogP contribution in [0.15, 0.2) is 30.5 Å². The lowest BCUT2D eigenvalue weighted by molar-refractivity contribution is 0.102. The summed E-state index contributed by atoms with van der Waals surface area (Å²) in [5.74, 6) is -1.08. The van der Waals surface area contributed by atoms with Crippen molar-refractivity contribution in [1.29, 1.82) is 0 Å². The summed E-state index contributed by atoms with van der Waals surface area (Å²) in [6, 6.07) is 5.65. The molecular weight excluding hydrogens is 233 g/mol. The van der Waals surface area contributed by atoms with E-state index < -0.39 is 11.7 Å². The summed E-state index contributed by atoms with van der Waals surface area (Å²) < 4.78 is 13.3. The molecule has 0 atom stereocenters. The molecular formula is C10H7ClFN3O. The zero-order valence-electron chi connectivity index (χ0n) is 8.00. The largest absolute Gasteiger partial charge is 0.317 e. The topological polar surface area (TPSA) is 57.8 Å². The van der Waals surface area contributed by atoms with Crippen molar-refractivity contribution in [2.24, 2.45) is 0 Å². The van der Waals surface area contributed by atoms with Gasteiger partial charge in [-0.15, -0.1) is 0 Å². The van der Waals surface area contributed by atoms with E-state index in [4.69, 9.17) is 11.6 Å². The van der Waals surface area contributed by atoms with E-state index in [1.165, 1.54) is 30.5 Å². The molecule has 0 aliphatic heterocycles. The molecule has 82 valence electrons. The molecule has 1 amide bonds. The summed E-state index contributed by atoms with van der Waals surface area (Å²) in [6.45, 7) is 0. The first-order valence-corrected chi connectivity index (χ1v) is 4.81. The van der Waals surface area contributed by atoms with E-state index >= 15 is 0 Å². The number of hydrogen-bond acceptors (Lipinski definition) is 2. The third-order valence-electron chi connectivity index (χ3n) is 1.95. The maximum atomic E-state index is 13.3. The molecule has 2 N–H and O–H groups in total. The van der Waals surface area contributed by atoms with Crippen molar-refractivity contribution >= 4 is 23.2 Å². The summed E-state index contributed by atoms with van der Waals surface area (Å²) in [5.41, 5.74) is 0.197. The van der Waals surface area contributed by atoms with Crippen molar-refractivity contribution in [1.82, 2.24) is 10.2 Å². The number of H-pyrrole nitrogens is 1. The van der Waals surface area contributed by atoms with Crippen molar-refractivity contribution in [3.8, 4) is 0 Å². The van der Waals surface area contributed by atoms with E-state index in [-0.39, 0.29) is 16.4 Å². The molecule has 0 fully saturated rings. The number of carbonyl (C=O) groups is 1. The van der Waals surface area contributed by atoms with Crippen LogP contribution in [0.2, 0.25) is 5.02 Å². The number of para-hydroxylation sites is 1. The number of carbonyl (C=O) groups excluding carboxylic acids is 1. The van der Waals surface area contributed by atoms with Crippen LogP contribution < -0.4 is 5.32 Å². The van der Waals surface area contributed by atoms with Crippen molar-refractivity contribution in [3.63, 3.8) is 0 Å². The molecule has 0 aliphatic carbocycles. The van der Waals surface area contributed by atoms with Gasteiger partial charge in [-0.05, 0) is 18.2 Å². The Morgan fingerprint density at radius 1 is 1.44 bits per heavy atom. The molecule has 2 rings (SSSR count). The second kappa shape index (κ2) is 4.32. The monoisotopic (exact) mass is 239 g/mol. The number of amides is 1. The molecule has 0 saturated heterocycles. The summed E-state index contributed by atoms with van der Waals surface area (Å²) in [5, 5.41) is 8.60. The van der Waals surface area contributed by atoms with Crippen LogP contribution in [0, 0.1) is 5.82 Å². The smallest absolute Gasteiger partial charge is 0.273 e. The molecule has 0 bridgehead atoms. The number of aromatic amines is 1. The predicted molar refractivity (Wildman–Crippen MR) is 58.0 cm³/mol. The van der Waals surface area contributed by atoms with Crippen LogP contribution in [-0.2, 0) is 0 Å². The van der Waals surface area contributed by atoms with Gasteiger partial charge in [-0.3, -0.25) is 9.89 Å². The molecule has 0 radical (unpaired) electrons. The zero-order valence-corrected chi connectivity index (χ0v) is 8.75. The van der Waals surface area contributed by atoms with E-state index in [0.717, 1.165) is 0 Å². The van der Waals surface area contributed by atoms with E-state index in [9.17, 15) is 9.18 Å². The highest BCUT2D eigenvalue weighted by Gasteiger charge is 2.12. The number of nitrogens with zero attached hydrogens (tertiary/aromatic N) is 1. The second-order valence-electron chi connectivity index (χ2n) is 3.02. The summed E-state index contributed by atoms with van der Waals surface area (Å²) >= 11 is 5.75. The van der Waals surface area contributed by atoms with Gasteiger partial charge in [0.1, 0.15) is 11.5 Å². The van der Waals surface area contributed by atoms with Gasteiger partial charge in [0.2, 0.25) is 0 Å². The first kappa shape index (κ1) is 10.6. The normalized spacial score (nSPS) is 10.1. The fourth-order valence-electron chi connectivity index (χ4n) is 1.18. The van der Waals surface area contributed by atoms with Gasteiger partial charge in [0.15, 0.2) is 0 Å². The molecule has 0 aliphatic rings. The van der Waals surface area contributed by atoms with Crippen molar-refractivity contribution in [3.05, 3.63) is 47.0 Å². The van der Waals surface area contributed by atoms with Gasteiger partial charge in [0.05, 0.1) is 10.7 Å². The average Bonchev–Trinajstić information content (AvgIpc) is 2.76. The highest BCUT2D eigenvalue weighted by Crippen LogP contribution is 2.24. The molecule has 6 heteroatoms. The maximum absolute atomic E-state index is 13.3. The molecule has 0 spiro atoms. The van der Waals surface area contributed by atoms with Gasteiger partial charge in [0.25, 0.3) is 5.91 Å². The SMILES string of the molecule is O=C(Nc1c(F)cccc1Cl)c1ccn[nH]1. The maximum Gasteiger partial charge on any atom is 0.273 e. The molecule has 0 unspecified atom stereocenters. The second-order valence-corrected chi connectivity index (χ2v) is 3.43. The van der Waals surface area contributed by atoms with Crippen LogP contribution in [0.1, 0.15) is 10.5 Å². The Hall–Kier alpha value is -1.88. The minimum Gasteiger partial charge on any atom is -0.317 e. The van der Waals surface area contributed by atoms with E-state index in [1.54, 1.807) is 0 Å². The summed E-state index contributed by atoms with van der Waals surface area (Å²) in [7, 11) is 0. The Labute approximate surface area is 95.4 Å². The molecule has 2 aromatic rings.